The van der Waals surface area contributed by atoms with Crippen LogP contribution < -0.4 is 10.5 Å². The third kappa shape index (κ3) is 3.20. The van der Waals surface area contributed by atoms with Crippen molar-refractivity contribution in [3.8, 4) is 0 Å². The number of ether oxygens (including phenoxy) is 2. The largest absolute Gasteiger partial charge is 0.398 e. The van der Waals surface area contributed by atoms with E-state index in [-0.39, 0.29) is 23.2 Å². The van der Waals surface area contributed by atoms with Gasteiger partial charge in [0, 0.05) is 6.54 Å². The molecule has 1 heterocycles. The number of anilines is 1. The van der Waals surface area contributed by atoms with Gasteiger partial charge in [0.2, 0.25) is 10.0 Å². The SMILES string of the molecule is Nc1ccccc1S(=O)(=O)NCC1COCCO1. The molecule has 3 N–H and O–H groups in total. The molecule has 100 valence electrons. The number of nitrogens with one attached hydrogen (secondary N) is 1. The zero-order valence-electron chi connectivity index (χ0n) is 9.83. The maximum absolute atomic E-state index is 12.0. The van der Waals surface area contributed by atoms with Gasteiger partial charge in [0.15, 0.2) is 0 Å². The van der Waals surface area contributed by atoms with Gasteiger partial charge in [-0.15, -0.1) is 0 Å². The maximum atomic E-state index is 12.0. The minimum Gasteiger partial charge on any atom is -0.398 e. The predicted octanol–water partition coefficient (Wildman–Crippen LogP) is -0.0375. The number of hydrogen-bond donors (Lipinski definition) is 2. The Hall–Kier alpha value is -1.15. The van der Waals surface area contributed by atoms with Crippen LogP contribution in [-0.2, 0) is 19.5 Å². The second-order valence-electron chi connectivity index (χ2n) is 3.96. The molecule has 1 saturated heterocycles. The van der Waals surface area contributed by atoms with Gasteiger partial charge in [0.25, 0.3) is 0 Å². The fraction of sp³-hybridized carbons (Fsp3) is 0.455. The number of rotatable bonds is 4. The van der Waals surface area contributed by atoms with E-state index in [1.807, 2.05) is 0 Å². The van der Waals surface area contributed by atoms with Gasteiger partial charge in [-0.2, -0.15) is 0 Å². The molecular weight excluding hydrogens is 256 g/mol. The van der Waals surface area contributed by atoms with Crippen molar-refractivity contribution in [2.24, 2.45) is 0 Å². The molecule has 0 aliphatic carbocycles. The molecule has 0 saturated carbocycles. The molecule has 7 heteroatoms. The predicted molar refractivity (Wildman–Crippen MR) is 66.6 cm³/mol. The second kappa shape index (κ2) is 5.66. The number of nitrogen functional groups attached to an aromatic ring is 1. The van der Waals surface area contributed by atoms with E-state index in [4.69, 9.17) is 15.2 Å². The van der Waals surface area contributed by atoms with Gasteiger partial charge >= 0.3 is 0 Å². The Bertz CT molecular complexity index is 498. The molecule has 0 aromatic heterocycles. The Balaban J connectivity index is 2.01. The minimum atomic E-state index is -3.60. The van der Waals surface area contributed by atoms with E-state index in [9.17, 15) is 8.42 Å². The Morgan fingerprint density at radius 3 is 2.78 bits per heavy atom. The molecule has 1 fully saturated rings. The molecular formula is C11H16N2O4S. The highest BCUT2D eigenvalue weighted by molar-refractivity contribution is 7.89. The fourth-order valence-electron chi connectivity index (χ4n) is 1.66. The highest BCUT2D eigenvalue weighted by Gasteiger charge is 2.20. The fourth-order valence-corrected chi connectivity index (χ4v) is 2.86. The van der Waals surface area contributed by atoms with Crippen LogP contribution in [0, 0.1) is 0 Å². The Morgan fingerprint density at radius 1 is 1.33 bits per heavy atom. The molecule has 0 spiro atoms. The first-order valence-corrected chi connectivity index (χ1v) is 7.11. The molecule has 1 atom stereocenters. The molecule has 18 heavy (non-hydrogen) atoms. The van der Waals surface area contributed by atoms with E-state index >= 15 is 0 Å². The number of para-hydroxylation sites is 1. The zero-order valence-corrected chi connectivity index (χ0v) is 10.7. The summed E-state index contributed by atoms with van der Waals surface area (Å²) in [5.74, 6) is 0. The van der Waals surface area contributed by atoms with E-state index in [0.717, 1.165) is 0 Å². The van der Waals surface area contributed by atoms with Crippen molar-refractivity contribution in [1.29, 1.82) is 0 Å². The maximum Gasteiger partial charge on any atom is 0.242 e. The first-order chi connectivity index (χ1) is 8.59. The number of nitrogens with two attached hydrogens (primary N) is 1. The summed E-state index contributed by atoms with van der Waals surface area (Å²) in [6, 6.07) is 6.34. The third-order valence-electron chi connectivity index (χ3n) is 2.59. The lowest BCUT2D eigenvalue weighted by Gasteiger charge is -2.23. The van der Waals surface area contributed by atoms with E-state index in [2.05, 4.69) is 4.72 Å². The van der Waals surface area contributed by atoms with Crippen LogP contribution in [0.3, 0.4) is 0 Å². The lowest BCUT2D eigenvalue weighted by atomic mass is 10.3. The molecule has 2 rings (SSSR count). The first kappa shape index (κ1) is 13.3. The van der Waals surface area contributed by atoms with Crippen LogP contribution in [0.2, 0.25) is 0 Å². The molecule has 1 unspecified atom stereocenters. The van der Waals surface area contributed by atoms with Crippen LogP contribution in [0.5, 0.6) is 0 Å². The van der Waals surface area contributed by atoms with E-state index in [1.165, 1.54) is 6.07 Å². The quantitative estimate of drug-likeness (QED) is 0.751. The molecule has 6 nitrogen and oxygen atoms in total. The topological polar surface area (TPSA) is 90.7 Å². The minimum absolute atomic E-state index is 0.0849. The summed E-state index contributed by atoms with van der Waals surface area (Å²) in [5.41, 5.74) is 5.87. The monoisotopic (exact) mass is 272 g/mol. The number of benzene rings is 1. The first-order valence-electron chi connectivity index (χ1n) is 5.63. The number of sulfonamides is 1. The van der Waals surface area contributed by atoms with Crippen molar-refractivity contribution in [2.45, 2.75) is 11.0 Å². The summed E-state index contributed by atoms with van der Waals surface area (Å²) in [6.07, 6.45) is -0.251. The Kier molecular flexibility index (Phi) is 4.18. The van der Waals surface area contributed by atoms with Crippen LogP contribution in [0.1, 0.15) is 0 Å². The molecule has 0 radical (unpaired) electrons. The van der Waals surface area contributed by atoms with E-state index in [1.54, 1.807) is 18.2 Å². The van der Waals surface area contributed by atoms with Crippen LogP contribution in [0.25, 0.3) is 0 Å². The van der Waals surface area contributed by atoms with Crippen molar-refractivity contribution in [2.75, 3.05) is 32.1 Å². The standard InChI is InChI=1S/C11H16N2O4S/c12-10-3-1-2-4-11(10)18(14,15)13-7-9-8-16-5-6-17-9/h1-4,9,13H,5-8,12H2. The smallest absolute Gasteiger partial charge is 0.242 e. The van der Waals surface area contributed by atoms with Gasteiger partial charge in [-0.3, -0.25) is 0 Å². The van der Waals surface area contributed by atoms with Gasteiger partial charge in [0.05, 0.1) is 31.6 Å². The van der Waals surface area contributed by atoms with Crippen LogP contribution in [-0.4, -0.2) is 40.9 Å². The van der Waals surface area contributed by atoms with Crippen LogP contribution in [0.15, 0.2) is 29.2 Å². The summed E-state index contributed by atoms with van der Waals surface area (Å²) >= 11 is 0. The molecule has 1 aromatic carbocycles. The highest BCUT2D eigenvalue weighted by Crippen LogP contribution is 2.16. The normalized spacial score (nSPS) is 20.8. The zero-order chi connectivity index (χ0) is 13.0. The second-order valence-corrected chi connectivity index (χ2v) is 5.69. The van der Waals surface area contributed by atoms with E-state index in [0.29, 0.717) is 19.8 Å². The summed E-state index contributed by atoms with van der Waals surface area (Å²) in [7, 11) is -3.60. The lowest BCUT2D eigenvalue weighted by molar-refractivity contribution is -0.0846. The van der Waals surface area contributed by atoms with Crippen molar-refractivity contribution >= 4 is 15.7 Å². The molecule has 1 aromatic rings. The van der Waals surface area contributed by atoms with Gasteiger partial charge in [-0.05, 0) is 12.1 Å². The van der Waals surface area contributed by atoms with Crippen molar-refractivity contribution in [1.82, 2.24) is 4.72 Å². The molecule has 0 bridgehead atoms. The van der Waals surface area contributed by atoms with Crippen LogP contribution >= 0.6 is 0 Å². The van der Waals surface area contributed by atoms with Gasteiger partial charge in [-0.1, -0.05) is 12.1 Å². The summed E-state index contributed by atoms with van der Waals surface area (Å²) < 4.78 is 37.0. The molecule has 1 aliphatic rings. The summed E-state index contributed by atoms with van der Waals surface area (Å²) in [6.45, 7) is 1.61. The Labute approximate surface area is 106 Å². The lowest BCUT2D eigenvalue weighted by Crippen LogP contribution is -2.39. The Morgan fingerprint density at radius 2 is 2.11 bits per heavy atom. The molecule has 1 aliphatic heterocycles. The van der Waals surface area contributed by atoms with Crippen molar-refractivity contribution in [3.63, 3.8) is 0 Å². The summed E-state index contributed by atoms with van der Waals surface area (Å²) in [5, 5.41) is 0. The van der Waals surface area contributed by atoms with Crippen molar-refractivity contribution in [3.05, 3.63) is 24.3 Å². The number of hydrogen-bond acceptors (Lipinski definition) is 5. The summed E-state index contributed by atoms with van der Waals surface area (Å²) in [4.78, 5) is 0.0849. The molecule has 0 amide bonds. The van der Waals surface area contributed by atoms with Gasteiger partial charge < -0.3 is 15.2 Å². The van der Waals surface area contributed by atoms with Gasteiger partial charge in [0.1, 0.15) is 4.90 Å². The van der Waals surface area contributed by atoms with E-state index < -0.39 is 10.0 Å². The average Bonchev–Trinajstić information content (AvgIpc) is 2.38. The van der Waals surface area contributed by atoms with Crippen LogP contribution in [0.4, 0.5) is 5.69 Å². The third-order valence-corrected chi connectivity index (χ3v) is 4.09. The average molecular weight is 272 g/mol. The highest BCUT2D eigenvalue weighted by atomic mass is 32.2. The van der Waals surface area contributed by atoms with Crippen molar-refractivity contribution < 1.29 is 17.9 Å². The van der Waals surface area contributed by atoms with Gasteiger partial charge in [-0.25, -0.2) is 13.1 Å².